The summed E-state index contributed by atoms with van der Waals surface area (Å²) in [7, 11) is 5.47. The number of hydrazine groups is 1. The van der Waals surface area contributed by atoms with E-state index in [1.807, 2.05) is 46.6 Å². The van der Waals surface area contributed by atoms with E-state index in [2.05, 4.69) is 42.4 Å². The second-order valence-electron chi connectivity index (χ2n) is 23.2. The van der Waals surface area contributed by atoms with Crippen LogP contribution in [0.2, 0.25) is 0 Å². The lowest BCUT2D eigenvalue weighted by Crippen LogP contribution is -2.59. The Balaban J connectivity index is 1.64. The number of hydrogen-bond donors (Lipinski definition) is 14. The van der Waals surface area contributed by atoms with Crippen molar-refractivity contribution in [2.24, 2.45) is 17.8 Å². The number of likely N-dealkylation sites (tertiary alicyclic amines) is 1. The number of thiazole rings is 1. The van der Waals surface area contributed by atoms with Crippen LogP contribution < -0.4 is 37.4 Å². The molecule has 3 rings (SSSR count). The third-order valence-corrected chi connectivity index (χ3v) is 18.8. The van der Waals surface area contributed by atoms with Gasteiger partial charge in [0.2, 0.25) is 29.5 Å². The summed E-state index contributed by atoms with van der Waals surface area (Å²) < 4.78 is 16.7. The average Bonchev–Trinajstić information content (AvgIpc) is 1.90. The third-order valence-electron chi connectivity index (χ3n) is 15.5. The molecule has 0 saturated carbocycles. The number of aliphatic hydroxyl groups is 5. The highest BCUT2D eigenvalue weighted by Gasteiger charge is 2.40. The first-order valence-corrected chi connectivity index (χ1v) is 34.4. The number of aliphatic hydroxyl groups excluding tert-OH is 5. The highest BCUT2D eigenvalue weighted by atomic mass is 33.1. The first-order chi connectivity index (χ1) is 44.0. The number of piperidine rings is 1. The maximum Gasteiger partial charge on any atom is 0.426 e. The third kappa shape index (κ3) is 28.2. The average molecular weight is 1370 g/mol. The molecule has 0 bridgehead atoms. The number of aromatic nitrogens is 1. The number of benzene rings is 1. The number of carbonyl (C=O) groups excluding carboxylic acids is 9. The first kappa shape index (κ1) is 80.8. The number of nitrogens with zero attached hydrogens (tertiary/aromatic N) is 3. The zero-order valence-corrected chi connectivity index (χ0v) is 56.7. The highest BCUT2D eigenvalue weighted by Crippen LogP contribution is 2.32. The van der Waals surface area contributed by atoms with Crippen molar-refractivity contribution in [3.05, 3.63) is 45.9 Å². The van der Waals surface area contributed by atoms with Gasteiger partial charge >= 0.3 is 24.0 Å². The van der Waals surface area contributed by atoms with Gasteiger partial charge in [0.25, 0.3) is 5.91 Å². The largest absolute Gasteiger partial charge is 0.508 e. The van der Waals surface area contributed by atoms with Crippen molar-refractivity contribution in [2.75, 3.05) is 58.6 Å². The van der Waals surface area contributed by atoms with E-state index < -0.39 is 146 Å². The lowest BCUT2D eigenvalue weighted by atomic mass is 9.92. The van der Waals surface area contributed by atoms with Crippen molar-refractivity contribution in [1.29, 1.82) is 0 Å². The summed E-state index contributed by atoms with van der Waals surface area (Å²) in [6.45, 7) is 10.8. The van der Waals surface area contributed by atoms with Crippen molar-refractivity contribution >= 4 is 92.4 Å². The van der Waals surface area contributed by atoms with Crippen LogP contribution in [0.1, 0.15) is 140 Å². The van der Waals surface area contributed by atoms with E-state index in [1.54, 1.807) is 19.1 Å². The molecule has 1 unspecified atom stereocenters. The van der Waals surface area contributed by atoms with Gasteiger partial charge in [0.1, 0.15) is 53.5 Å². The summed E-state index contributed by atoms with van der Waals surface area (Å²) in [5, 5.41) is 83.0. The number of nitrogens with one attached hydrogen (secondary N) is 7. The van der Waals surface area contributed by atoms with Crippen molar-refractivity contribution in [3.63, 3.8) is 0 Å². The Morgan fingerprint density at radius 2 is 1.54 bits per heavy atom. The number of hydrogen-bond acceptors (Lipinski definition) is 25. The fourth-order valence-electron chi connectivity index (χ4n) is 9.81. The molecule has 1 fully saturated rings. The molecule has 33 heteroatoms. The summed E-state index contributed by atoms with van der Waals surface area (Å²) in [5.41, 5.74) is 5.11. The van der Waals surface area contributed by atoms with E-state index in [1.165, 1.54) is 36.4 Å². The van der Waals surface area contributed by atoms with Gasteiger partial charge in [0, 0.05) is 67.6 Å². The normalized spacial score (nSPS) is 17.2. The molecular weight excluding hydrogens is 1280 g/mol. The minimum atomic E-state index is -1.89. The molecule has 14 N–H and O–H groups in total. The number of rotatable bonds is 41. The Hall–Kier alpha value is -6.43. The van der Waals surface area contributed by atoms with E-state index >= 15 is 0 Å². The molecule has 0 spiro atoms. The van der Waals surface area contributed by atoms with E-state index in [0.29, 0.717) is 24.8 Å². The fourth-order valence-corrected chi connectivity index (χ4v) is 12.6. The lowest BCUT2D eigenvalue weighted by Gasteiger charge is -2.39. The maximum atomic E-state index is 15.0. The zero-order valence-electron chi connectivity index (χ0n) is 54.2. The van der Waals surface area contributed by atoms with Gasteiger partial charge < -0.3 is 81.4 Å². The van der Waals surface area contributed by atoms with Gasteiger partial charge in [-0.15, -0.1) is 11.3 Å². The van der Waals surface area contributed by atoms with Gasteiger partial charge in [0.15, 0.2) is 12.8 Å². The first-order valence-electron chi connectivity index (χ1n) is 31.0. The molecule has 1 aliphatic heterocycles. The quantitative estimate of drug-likeness (QED) is 0.0110. The van der Waals surface area contributed by atoms with E-state index in [4.69, 9.17) is 19.3 Å². The Morgan fingerprint density at radius 1 is 0.849 bits per heavy atom. The topological polar surface area (TPSA) is 444 Å². The number of carboxylic acids is 1. The molecule has 1 aliphatic rings. The number of carboxylic acid groups (broad SMARTS) is 1. The van der Waals surface area contributed by atoms with Gasteiger partial charge in [-0.3, -0.25) is 48.7 Å². The summed E-state index contributed by atoms with van der Waals surface area (Å²) in [6, 6.07) is 0.894. The summed E-state index contributed by atoms with van der Waals surface area (Å²) in [4.78, 5) is 140. The van der Waals surface area contributed by atoms with Gasteiger partial charge in [-0.25, -0.2) is 20.0 Å². The number of phenolic OH excluding ortho intramolecular Hbond substituents is 1. The number of aromatic hydroxyl groups is 1. The SMILES string of the molecule is CCCC(=O)OCN(C(=O)[C@@H](NC(=O)[C@H]1CCCCN1C)C(C)CC)[C@H](C[C@@H](OC(C)=O)c1nc(C(=O)N[C@@H](Cc2ccc(O)cc2)C[C@H](C)C(=O)NNC(=O)OCCSSC[C@H](NC(=O)[C@H](CCC(=O)NC[C@H](O)[C@@H](O)[C@H](O)[C@H](O)CO)NC)C(=O)O)cs1)C(C)C. The van der Waals surface area contributed by atoms with Crippen molar-refractivity contribution in [2.45, 2.75) is 186 Å². The lowest BCUT2D eigenvalue weighted by molar-refractivity contribution is -0.160. The predicted molar refractivity (Wildman–Crippen MR) is 344 cm³/mol. The van der Waals surface area contributed by atoms with Gasteiger partial charge in [-0.1, -0.05) is 88.1 Å². The molecule has 524 valence electrons. The van der Waals surface area contributed by atoms with E-state index in [0.717, 1.165) is 52.3 Å². The minimum Gasteiger partial charge on any atom is -0.508 e. The Bertz CT molecular complexity index is 2720. The van der Waals surface area contributed by atoms with Crippen molar-refractivity contribution in [1.82, 2.24) is 52.2 Å². The van der Waals surface area contributed by atoms with Crippen LogP contribution in [0, 0.1) is 17.8 Å². The van der Waals surface area contributed by atoms with Gasteiger partial charge in [-0.05, 0) is 88.7 Å². The highest BCUT2D eigenvalue weighted by molar-refractivity contribution is 8.76. The molecule has 0 radical (unpaired) electrons. The summed E-state index contributed by atoms with van der Waals surface area (Å²) in [5.74, 6) is -7.51. The predicted octanol–water partition coefficient (Wildman–Crippen LogP) is 1.01. The molecule has 93 heavy (non-hydrogen) atoms. The van der Waals surface area contributed by atoms with E-state index in [9.17, 15) is 78.6 Å². The maximum absolute atomic E-state index is 15.0. The summed E-state index contributed by atoms with van der Waals surface area (Å²) >= 11 is 1.03. The zero-order chi connectivity index (χ0) is 69.5. The van der Waals surface area contributed by atoms with Gasteiger partial charge in [0.05, 0.1) is 24.8 Å². The molecule has 1 aromatic heterocycles. The minimum absolute atomic E-state index is 0.000515. The molecular formula is C60H96N10O20S3. The fraction of sp³-hybridized carbons (Fsp3) is 0.683. The second kappa shape index (κ2) is 42.1. The Kier molecular flexibility index (Phi) is 36.6. The number of phenols is 1. The van der Waals surface area contributed by atoms with Crippen LogP contribution in [0.3, 0.4) is 0 Å². The molecule has 1 saturated heterocycles. The van der Waals surface area contributed by atoms with Crippen LogP contribution in [-0.2, 0) is 59.0 Å². The second-order valence-corrected chi connectivity index (χ2v) is 26.7. The number of carbonyl (C=O) groups is 10. The van der Waals surface area contributed by atoms with Crippen LogP contribution in [-0.4, -0.2) is 229 Å². The number of likely N-dealkylation sites (N-methyl/N-ethyl adjacent to an activating group) is 2. The number of amides is 7. The monoisotopic (exact) mass is 1370 g/mol. The van der Waals surface area contributed by atoms with Crippen molar-refractivity contribution in [3.8, 4) is 5.75 Å². The molecule has 1 aromatic carbocycles. The van der Waals surface area contributed by atoms with Crippen LogP contribution in [0.5, 0.6) is 5.75 Å². The molecule has 0 aliphatic carbocycles. The Morgan fingerprint density at radius 3 is 2.15 bits per heavy atom. The van der Waals surface area contributed by atoms with Crippen LogP contribution in [0.4, 0.5) is 4.79 Å². The van der Waals surface area contributed by atoms with Crippen LogP contribution in [0.25, 0.3) is 0 Å². The number of aliphatic carboxylic acids is 1. The molecule has 13 atom stereocenters. The molecule has 7 amide bonds. The number of ether oxygens (including phenoxy) is 3. The van der Waals surface area contributed by atoms with Crippen LogP contribution >= 0.6 is 32.9 Å². The Labute approximate surface area is 553 Å². The van der Waals surface area contributed by atoms with Crippen LogP contribution in [0.15, 0.2) is 29.6 Å². The van der Waals surface area contributed by atoms with Gasteiger partial charge in [-0.2, -0.15) is 0 Å². The standard InChI is InChI=1S/C60H96N10O20S3/c1-10-14-49(77)89-32-70(58(84)50(34(5)11-2)66-56(83)43-15-12-13-22-69(43)9)44(33(3)4)27-47(90-36(7)72)57-65-41(30-91-57)55(82)63-38(26-37-16-18-39(73)19-17-37)25-35(6)53(80)67-68-60(87)88-23-24-92-93-31-42(59(85)86)64-54(81)40(61-8)20-21-48(76)62-28-45(74)51(78)52(79)46(75)29-71/h16-19,30,33-35,38,40,42-47,50-52,61,71,73-75,78-79H,10-15,20-29,31-32H2,1-9H3,(H,62,76)(H,63,82)(H,64,81)(H,66,83)(H,67,80)(H,68,87)(H,85,86)/t34?,35-,38+,40-,42-,43+,44+,45-,46+,47+,50-,51+,52+/m0/s1. The molecule has 30 nitrogen and oxygen atoms in total. The molecule has 2 aromatic rings. The van der Waals surface area contributed by atoms with Crippen molar-refractivity contribution < 1.29 is 97.9 Å². The number of esters is 2. The van der Waals surface area contributed by atoms with E-state index in [-0.39, 0.29) is 90.8 Å². The smallest absolute Gasteiger partial charge is 0.426 e. The summed E-state index contributed by atoms with van der Waals surface area (Å²) in [6.07, 6.45) is -6.00. The molecule has 2 heterocycles.